The Morgan fingerprint density at radius 3 is 2.50 bits per heavy atom. The van der Waals surface area contributed by atoms with Crippen LogP contribution < -0.4 is 19.5 Å². The number of carbonyl (C=O) groups excluding carboxylic acids is 1. The van der Waals surface area contributed by atoms with Crippen LogP contribution in [-0.2, 0) is 6.54 Å². The molecule has 0 aliphatic carbocycles. The minimum absolute atomic E-state index is 0.238. The van der Waals surface area contributed by atoms with Gasteiger partial charge in [0.25, 0.3) is 5.91 Å². The maximum atomic E-state index is 12.8. The van der Waals surface area contributed by atoms with E-state index in [0.717, 1.165) is 16.7 Å². The predicted octanol–water partition coefficient (Wildman–Crippen LogP) is 5.19. The minimum Gasteiger partial charge on any atom is -0.497 e. The molecule has 0 atom stereocenters. The summed E-state index contributed by atoms with van der Waals surface area (Å²) in [6.45, 7) is 2.32. The lowest BCUT2D eigenvalue weighted by Gasteiger charge is -2.12. The monoisotopic (exact) mass is 455 g/mol. The van der Waals surface area contributed by atoms with Crippen LogP contribution in [0.3, 0.4) is 0 Å². The molecule has 1 heterocycles. The van der Waals surface area contributed by atoms with Gasteiger partial charge in [-0.1, -0.05) is 35.9 Å². The quantitative estimate of drug-likeness (QED) is 0.394. The molecule has 0 radical (unpaired) electrons. The molecule has 0 aliphatic heterocycles. The van der Waals surface area contributed by atoms with Crippen molar-refractivity contribution in [2.45, 2.75) is 13.5 Å². The third-order valence-corrected chi connectivity index (χ3v) is 5.19. The number of nitrogens with zero attached hydrogens (tertiary/aromatic N) is 2. The molecule has 7 nitrogen and oxygen atoms in total. The summed E-state index contributed by atoms with van der Waals surface area (Å²) in [5.41, 5.74) is 3.34. The summed E-state index contributed by atoms with van der Waals surface area (Å²) in [5.74, 6) is 2.59. The zero-order valence-corrected chi connectivity index (χ0v) is 19.2. The van der Waals surface area contributed by atoms with Crippen molar-refractivity contribution < 1.29 is 19.0 Å². The van der Waals surface area contributed by atoms with Crippen LogP contribution >= 0.6 is 0 Å². The zero-order chi connectivity index (χ0) is 23.9. The number of ether oxygens (including phenoxy) is 3. The SMILES string of the molecule is COc1ccc(OC)c(CNC(=O)c2cccc(Oc3ccnc(-c4ccc(C)cc4)n3)c2)c1. The van der Waals surface area contributed by atoms with Crippen molar-refractivity contribution in [3.63, 3.8) is 0 Å². The number of hydrogen-bond donors (Lipinski definition) is 1. The molecule has 0 saturated heterocycles. The molecule has 7 heteroatoms. The molecule has 1 amide bonds. The number of aryl methyl sites for hydroxylation is 1. The first-order valence-electron chi connectivity index (χ1n) is 10.7. The molecule has 0 fully saturated rings. The molecule has 1 aromatic heterocycles. The standard InChI is InChI=1S/C27H25N3O4/c1-18-7-9-19(10-8-18)26-28-14-13-25(30-26)34-23-6-4-5-20(15-23)27(31)29-17-21-16-22(32-2)11-12-24(21)33-3/h4-16H,17H2,1-3H3,(H,29,31). The van der Waals surface area contributed by atoms with Gasteiger partial charge >= 0.3 is 0 Å². The van der Waals surface area contributed by atoms with Crippen LogP contribution in [0.15, 0.2) is 79.0 Å². The summed E-state index contributed by atoms with van der Waals surface area (Å²) >= 11 is 0. The van der Waals surface area contributed by atoms with E-state index in [2.05, 4.69) is 15.3 Å². The molecule has 172 valence electrons. The topological polar surface area (TPSA) is 82.6 Å². The third kappa shape index (κ3) is 5.50. The lowest BCUT2D eigenvalue weighted by atomic mass is 10.1. The van der Waals surface area contributed by atoms with Gasteiger partial charge in [0.1, 0.15) is 17.2 Å². The van der Waals surface area contributed by atoms with E-state index in [4.69, 9.17) is 14.2 Å². The van der Waals surface area contributed by atoms with E-state index in [1.54, 1.807) is 56.8 Å². The fourth-order valence-corrected chi connectivity index (χ4v) is 3.36. The summed E-state index contributed by atoms with van der Waals surface area (Å²) in [4.78, 5) is 21.6. The lowest BCUT2D eigenvalue weighted by molar-refractivity contribution is 0.0950. The maximum absolute atomic E-state index is 12.8. The van der Waals surface area contributed by atoms with Gasteiger partial charge in [0.2, 0.25) is 5.88 Å². The fourth-order valence-electron chi connectivity index (χ4n) is 3.36. The maximum Gasteiger partial charge on any atom is 0.251 e. The molecular weight excluding hydrogens is 430 g/mol. The van der Waals surface area contributed by atoms with Gasteiger partial charge in [-0.25, -0.2) is 4.98 Å². The summed E-state index contributed by atoms with van der Waals surface area (Å²) in [7, 11) is 3.18. The van der Waals surface area contributed by atoms with E-state index < -0.39 is 0 Å². The first-order chi connectivity index (χ1) is 16.6. The Morgan fingerprint density at radius 2 is 1.74 bits per heavy atom. The number of hydrogen-bond acceptors (Lipinski definition) is 6. The average Bonchev–Trinajstić information content (AvgIpc) is 2.87. The molecule has 0 unspecified atom stereocenters. The number of benzene rings is 3. The van der Waals surface area contributed by atoms with Gasteiger partial charge < -0.3 is 19.5 Å². The van der Waals surface area contributed by atoms with E-state index in [1.807, 2.05) is 43.3 Å². The predicted molar refractivity (Wildman–Crippen MR) is 129 cm³/mol. The molecule has 0 bridgehead atoms. The van der Waals surface area contributed by atoms with Crippen molar-refractivity contribution in [3.05, 3.63) is 95.7 Å². The fraction of sp³-hybridized carbons (Fsp3) is 0.148. The van der Waals surface area contributed by atoms with Crippen molar-refractivity contribution in [3.8, 4) is 34.5 Å². The zero-order valence-electron chi connectivity index (χ0n) is 19.2. The number of nitrogens with one attached hydrogen (secondary N) is 1. The summed E-state index contributed by atoms with van der Waals surface area (Å²) in [6.07, 6.45) is 1.65. The van der Waals surface area contributed by atoms with Crippen molar-refractivity contribution >= 4 is 5.91 Å². The lowest BCUT2D eigenvalue weighted by Crippen LogP contribution is -2.23. The number of rotatable bonds is 8. The third-order valence-electron chi connectivity index (χ3n) is 5.19. The first kappa shape index (κ1) is 22.8. The number of methoxy groups -OCH3 is 2. The molecule has 0 spiro atoms. The molecule has 4 aromatic rings. The van der Waals surface area contributed by atoms with Crippen LogP contribution in [-0.4, -0.2) is 30.1 Å². The van der Waals surface area contributed by atoms with Gasteiger partial charge in [0, 0.05) is 35.5 Å². The van der Waals surface area contributed by atoms with E-state index in [-0.39, 0.29) is 12.5 Å². The van der Waals surface area contributed by atoms with Crippen LogP contribution in [0.2, 0.25) is 0 Å². The Balaban J connectivity index is 1.46. The highest BCUT2D eigenvalue weighted by molar-refractivity contribution is 5.94. The molecule has 0 aliphatic rings. The van der Waals surface area contributed by atoms with Gasteiger partial charge in [-0.15, -0.1) is 0 Å². The second kappa shape index (κ2) is 10.5. The van der Waals surface area contributed by atoms with Crippen LogP contribution in [0.5, 0.6) is 23.1 Å². The van der Waals surface area contributed by atoms with Gasteiger partial charge in [0.05, 0.1) is 14.2 Å². The van der Waals surface area contributed by atoms with Crippen LogP contribution in [0.4, 0.5) is 0 Å². The normalized spacial score (nSPS) is 10.4. The highest BCUT2D eigenvalue weighted by atomic mass is 16.5. The van der Waals surface area contributed by atoms with E-state index in [0.29, 0.717) is 34.5 Å². The summed E-state index contributed by atoms with van der Waals surface area (Å²) < 4.78 is 16.6. The van der Waals surface area contributed by atoms with Crippen LogP contribution in [0.25, 0.3) is 11.4 Å². The molecule has 4 rings (SSSR count). The average molecular weight is 456 g/mol. The van der Waals surface area contributed by atoms with Crippen molar-refractivity contribution in [2.75, 3.05) is 14.2 Å². The Morgan fingerprint density at radius 1 is 0.912 bits per heavy atom. The number of aromatic nitrogens is 2. The molecule has 34 heavy (non-hydrogen) atoms. The smallest absolute Gasteiger partial charge is 0.251 e. The number of carbonyl (C=O) groups is 1. The largest absolute Gasteiger partial charge is 0.497 e. The van der Waals surface area contributed by atoms with Crippen LogP contribution in [0, 0.1) is 6.92 Å². The summed E-state index contributed by atoms with van der Waals surface area (Å²) in [6, 6.07) is 22.0. The van der Waals surface area contributed by atoms with Gasteiger partial charge in [0.15, 0.2) is 5.82 Å². The second-order valence-corrected chi connectivity index (χ2v) is 7.57. The van der Waals surface area contributed by atoms with Crippen molar-refractivity contribution in [1.82, 2.24) is 15.3 Å². The van der Waals surface area contributed by atoms with Gasteiger partial charge in [-0.05, 0) is 43.3 Å². The Kier molecular flexibility index (Phi) is 7.03. The molecule has 3 aromatic carbocycles. The van der Waals surface area contributed by atoms with E-state index in [1.165, 1.54) is 0 Å². The molecule has 1 N–H and O–H groups in total. The minimum atomic E-state index is -0.238. The molecular formula is C27H25N3O4. The Labute approximate surface area is 198 Å². The van der Waals surface area contributed by atoms with E-state index in [9.17, 15) is 4.79 Å². The van der Waals surface area contributed by atoms with Gasteiger partial charge in [-0.2, -0.15) is 4.98 Å². The van der Waals surface area contributed by atoms with Crippen molar-refractivity contribution in [2.24, 2.45) is 0 Å². The summed E-state index contributed by atoms with van der Waals surface area (Å²) in [5, 5.41) is 2.91. The highest BCUT2D eigenvalue weighted by Crippen LogP contribution is 2.25. The Bertz CT molecular complexity index is 1290. The van der Waals surface area contributed by atoms with E-state index >= 15 is 0 Å². The molecule has 0 saturated carbocycles. The highest BCUT2D eigenvalue weighted by Gasteiger charge is 2.11. The van der Waals surface area contributed by atoms with Gasteiger partial charge in [-0.3, -0.25) is 4.79 Å². The number of amides is 1. The Hall–Kier alpha value is -4.39. The second-order valence-electron chi connectivity index (χ2n) is 7.57. The van der Waals surface area contributed by atoms with Crippen LogP contribution in [0.1, 0.15) is 21.5 Å². The van der Waals surface area contributed by atoms with Crippen molar-refractivity contribution in [1.29, 1.82) is 0 Å². The first-order valence-corrected chi connectivity index (χ1v) is 10.7.